The zero-order chi connectivity index (χ0) is 20.2. The van der Waals surface area contributed by atoms with Crippen LogP contribution in [0.1, 0.15) is 28.9 Å². The van der Waals surface area contributed by atoms with E-state index in [1.165, 1.54) is 5.56 Å². The number of likely N-dealkylation sites (tertiary alicyclic amines) is 1. The first-order valence-electron chi connectivity index (χ1n) is 10.1. The number of carbonyl (C=O) groups is 1. The normalized spacial score (nSPS) is 15.9. The van der Waals surface area contributed by atoms with Gasteiger partial charge in [-0.1, -0.05) is 36.4 Å². The number of benzene rings is 2. The lowest BCUT2D eigenvalue weighted by Gasteiger charge is -2.30. The van der Waals surface area contributed by atoms with Crippen molar-refractivity contribution < 1.29 is 9.53 Å². The monoisotopic (exact) mass is 389 g/mol. The van der Waals surface area contributed by atoms with E-state index in [2.05, 4.69) is 28.2 Å². The van der Waals surface area contributed by atoms with Crippen molar-refractivity contribution in [3.63, 3.8) is 0 Å². The third-order valence-electron chi connectivity index (χ3n) is 5.71. The van der Waals surface area contributed by atoms with Crippen LogP contribution in [-0.4, -0.2) is 40.7 Å². The molecule has 3 aromatic rings. The number of piperidine rings is 1. The van der Waals surface area contributed by atoms with E-state index in [9.17, 15) is 4.79 Å². The summed E-state index contributed by atoms with van der Waals surface area (Å²) in [6, 6.07) is 16.1. The van der Waals surface area contributed by atoms with Gasteiger partial charge in [-0.2, -0.15) is 5.10 Å². The third-order valence-corrected chi connectivity index (χ3v) is 5.71. The summed E-state index contributed by atoms with van der Waals surface area (Å²) in [5.41, 5.74) is 2.82. The van der Waals surface area contributed by atoms with Crippen LogP contribution >= 0.6 is 0 Å². The summed E-state index contributed by atoms with van der Waals surface area (Å²) in [7, 11) is 3.57. The SMILES string of the molecule is COc1ccc(CN2CCC(/C=C/C(=O)c3nn(C)c4ccccc34)CC2)cc1. The van der Waals surface area contributed by atoms with E-state index in [0.717, 1.165) is 49.1 Å². The zero-order valence-corrected chi connectivity index (χ0v) is 17.0. The zero-order valence-electron chi connectivity index (χ0n) is 17.0. The van der Waals surface area contributed by atoms with Crippen LogP contribution in [0, 0.1) is 5.92 Å². The number of aromatic nitrogens is 2. The topological polar surface area (TPSA) is 47.4 Å². The van der Waals surface area contributed by atoms with Gasteiger partial charge in [-0.05, 0) is 61.7 Å². The highest BCUT2D eigenvalue weighted by Crippen LogP contribution is 2.22. The number of rotatable bonds is 6. The highest BCUT2D eigenvalue weighted by atomic mass is 16.5. The number of hydrogen-bond acceptors (Lipinski definition) is 4. The van der Waals surface area contributed by atoms with Crippen molar-refractivity contribution in [1.29, 1.82) is 0 Å². The molecule has 0 spiro atoms. The summed E-state index contributed by atoms with van der Waals surface area (Å²) in [4.78, 5) is 15.2. The Labute approximate surface area is 171 Å². The smallest absolute Gasteiger partial charge is 0.206 e. The summed E-state index contributed by atoms with van der Waals surface area (Å²) in [5, 5.41) is 5.34. The second-order valence-electron chi connectivity index (χ2n) is 7.67. The Morgan fingerprint density at radius 2 is 1.86 bits per heavy atom. The van der Waals surface area contributed by atoms with Crippen molar-refractivity contribution in [3.05, 3.63) is 71.9 Å². The highest BCUT2D eigenvalue weighted by molar-refractivity contribution is 6.11. The minimum Gasteiger partial charge on any atom is -0.497 e. The fraction of sp³-hybridized carbons (Fsp3) is 0.333. The summed E-state index contributed by atoms with van der Waals surface area (Å²) in [5.74, 6) is 1.33. The van der Waals surface area contributed by atoms with Crippen LogP contribution in [-0.2, 0) is 13.6 Å². The molecule has 0 atom stereocenters. The van der Waals surface area contributed by atoms with E-state index >= 15 is 0 Å². The number of ether oxygens (including phenoxy) is 1. The van der Waals surface area contributed by atoms with Gasteiger partial charge in [0.2, 0.25) is 5.78 Å². The number of carbonyl (C=O) groups excluding carboxylic acids is 1. The number of methoxy groups -OCH3 is 1. The average Bonchev–Trinajstić information content (AvgIpc) is 3.10. The molecule has 5 heteroatoms. The van der Waals surface area contributed by atoms with E-state index in [-0.39, 0.29) is 5.78 Å². The first kappa shape index (κ1) is 19.4. The molecule has 0 radical (unpaired) electrons. The van der Waals surface area contributed by atoms with Crippen molar-refractivity contribution >= 4 is 16.7 Å². The van der Waals surface area contributed by atoms with Crippen LogP contribution in [0.15, 0.2) is 60.7 Å². The number of aryl methyl sites for hydroxylation is 1. The van der Waals surface area contributed by atoms with Gasteiger partial charge in [0.1, 0.15) is 11.4 Å². The molecule has 0 amide bonds. The lowest BCUT2D eigenvalue weighted by Crippen LogP contribution is -2.32. The van der Waals surface area contributed by atoms with Crippen molar-refractivity contribution in [2.75, 3.05) is 20.2 Å². The molecular weight excluding hydrogens is 362 g/mol. The lowest BCUT2D eigenvalue weighted by molar-refractivity contribution is 0.104. The van der Waals surface area contributed by atoms with E-state index < -0.39 is 0 Å². The standard InChI is InChI=1S/C24H27N3O2/c1-26-22-6-4-3-5-21(22)24(25-26)23(28)12-9-18-13-15-27(16-14-18)17-19-7-10-20(29-2)11-8-19/h3-12,18H,13-17H2,1-2H3/b12-9+. The minimum atomic E-state index is -0.0116. The van der Waals surface area contributed by atoms with Gasteiger partial charge in [0, 0.05) is 19.0 Å². The number of para-hydroxylation sites is 1. The van der Waals surface area contributed by atoms with Gasteiger partial charge in [-0.3, -0.25) is 14.4 Å². The van der Waals surface area contributed by atoms with Crippen LogP contribution in [0.3, 0.4) is 0 Å². The van der Waals surface area contributed by atoms with Gasteiger partial charge in [0.15, 0.2) is 0 Å². The van der Waals surface area contributed by atoms with Crippen LogP contribution in [0.4, 0.5) is 0 Å². The highest BCUT2D eigenvalue weighted by Gasteiger charge is 2.19. The Morgan fingerprint density at radius 1 is 1.14 bits per heavy atom. The fourth-order valence-electron chi connectivity index (χ4n) is 3.99. The number of allylic oxidation sites excluding steroid dienone is 2. The van der Waals surface area contributed by atoms with E-state index in [1.807, 2.05) is 43.4 Å². The van der Waals surface area contributed by atoms with Crippen LogP contribution < -0.4 is 4.74 Å². The molecule has 1 aliphatic heterocycles. The molecule has 1 aromatic heterocycles. The van der Waals surface area contributed by atoms with E-state index in [1.54, 1.807) is 17.9 Å². The maximum Gasteiger partial charge on any atom is 0.206 e. The van der Waals surface area contributed by atoms with Gasteiger partial charge in [0.25, 0.3) is 0 Å². The van der Waals surface area contributed by atoms with Crippen LogP contribution in [0.25, 0.3) is 10.9 Å². The predicted octanol–water partition coefficient (Wildman–Crippen LogP) is 4.23. The maximum atomic E-state index is 12.7. The van der Waals surface area contributed by atoms with Crippen LogP contribution in [0.5, 0.6) is 5.75 Å². The summed E-state index contributed by atoms with van der Waals surface area (Å²) < 4.78 is 6.99. The Bertz CT molecular complexity index is 1010. The summed E-state index contributed by atoms with van der Waals surface area (Å²) in [6.45, 7) is 3.04. The second-order valence-corrected chi connectivity index (χ2v) is 7.67. The minimum absolute atomic E-state index is 0.0116. The predicted molar refractivity (Wildman–Crippen MR) is 115 cm³/mol. The quantitative estimate of drug-likeness (QED) is 0.467. The Morgan fingerprint density at radius 3 is 2.59 bits per heavy atom. The Kier molecular flexibility index (Phi) is 5.76. The fourth-order valence-corrected chi connectivity index (χ4v) is 3.99. The lowest BCUT2D eigenvalue weighted by atomic mass is 9.95. The molecule has 29 heavy (non-hydrogen) atoms. The van der Waals surface area contributed by atoms with Gasteiger partial charge >= 0.3 is 0 Å². The van der Waals surface area contributed by atoms with E-state index in [4.69, 9.17) is 4.74 Å². The summed E-state index contributed by atoms with van der Waals surface area (Å²) in [6.07, 6.45) is 5.95. The largest absolute Gasteiger partial charge is 0.497 e. The Balaban J connectivity index is 1.33. The van der Waals surface area contributed by atoms with Gasteiger partial charge < -0.3 is 4.74 Å². The number of nitrogens with zero attached hydrogens (tertiary/aromatic N) is 3. The van der Waals surface area contributed by atoms with Crippen LogP contribution in [0.2, 0.25) is 0 Å². The number of ketones is 1. The number of fused-ring (bicyclic) bond motifs is 1. The van der Waals surface area contributed by atoms with E-state index in [0.29, 0.717) is 11.6 Å². The molecule has 2 heterocycles. The molecule has 0 saturated carbocycles. The van der Waals surface area contributed by atoms with Crippen molar-refractivity contribution in [3.8, 4) is 5.75 Å². The summed E-state index contributed by atoms with van der Waals surface area (Å²) >= 11 is 0. The van der Waals surface area contributed by atoms with Gasteiger partial charge in [-0.15, -0.1) is 0 Å². The average molecular weight is 389 g/mol. The molecule has 1 fully saturated rings. The molecule has 0 aliphatic carbocycles. The first-order valence-corrected chi connectivity index (χ1v) is 10.1. The second kappa shape index (κ2) is 8.62. The molecule has 0 bridgehead atoms. The molecule has 0 unspecified atom stereocenters. The van der Waals surface area contributed by atoms with Gasteiger partial charge in [0.05, 0.1) is 12.6 Å². The Hall–Kier alpha value is -2.92. The van der Waals surface area contributed by atoms with Crippen molar-refractivity contribution in [1.82, 2.24) is 14.7 Å². The molecule has 4 rings (SSSR count). The van der Waals surface area contributed by atoms with Crippen molar-refractivity contribution in [2.45, 2.75) is 19.4 Å². The maximum absolute atomic E-state index is 12.7. The first-order chi connectivity index (χ1) is 14.1. The van der Waals surface area contributed by atoms with Crippen molar-refractivity contribution in [2.24, 2.45) is 13.0 Å². The molecule has 0 N–H and O–H groups in total. The molecular formula is C24H27N3O2. The molecule has 150 valence electrons. The molecule has 2 aromatic carbocycles. The van der Waals surface area contributed by atoms with Gasteiger partial charge in [-0.25, -0.2) is 0 Å². The molecule has 1 aliphatic rings. The third kappa shape index (κ3) is 4.40. The molecule has 5 nitrogen and oxygen atoms in total. The molecule has 1 saturated heterocycles. The number of hydrogen-bond donors (Lipinski definition) is 0.